The maximum absolute atomic E-state index is 6.31. The molecule has 0 fully saturated rings. The number of aromatic nitrogens is 1. The van der Waals surface area contributed by atoms with Gasteiger partial charge in [-0.25, -0.2) is 0 Å². The Morgan fingerprint density at radius 1 is 0.432 bits per heavy atom. The third-order valence-corrected chi connectivity index (χ3v) is 8.71. The largest absolute Gasteiger partial charge is 0.454 e. The predicted octanol–water partition coefficient (Wildman–Crippen LogP) is 11.6. The minimum absolute atomic E-state index is 0.769. The van der Waals surface area contributed by atoms with Gasteiger partial charge in [0.25, 0.3) is 0 Å². The molecule has 0 amide bonds. The molecule has 0 aliphatic heterocycles. The zero-order chi connectivity index (χ0) is 29.0. The second-order valence-electron chi connectivity index (χ2n) is 11.2. The second-order valence-corrected chi connectivity index (χ2v) is 11.2. The molecule has 0 N–H and O–H groups in total. The van der Waals surface area contributed by atoms with Gasteiger partial charge in [0, 0.05) is 16.5 Å². The molecule has 0 unspecified atom stereocenters. The molecule has 0 radical (unpaired) electrons. The smallest absolute Gasteiger partial charge is 0.155 e. The van der Waals surface area contributed by atoms with Gasteiger partial charge in [-0.1, -0.05) is 121 Å². The number of fused-ring (bicyclic) bond motifs is 8. The SMILES string of the molecule is c1ccc(-c2ccc(N(c3cc4ccc5ccccc5c4c4ccccc34)c3cncc4oc5ccccc5c34)cc2)cc1. The molecule has 0 spiro atoms. The highest BCUT2D eigenvalue weighted by Gasteiger charge is 2.22. The van der Waals surface area contributed by atoms with Crippen molar-refractivity contribution in [1.82, 2.24) is 4.98 Å². The van der Waals surface area contributed by atoms with Crippen LogP contribution in [0.4, 0.5) is 17.1 Å². The van der Waals surface area contributed by atoms with Crippen molar-refractivity contribution in [1.29, 1.82) is 0 Å². The molecule has 0 aliphatic carbocycles. The van der Waals surface area contributed by atoms with Gasteiger partial charge >= 0.3 is 0 Å². The maximum atomic E-state index is 6.31. The normalized spacial score (nSPS) is 11.6. The summed E-state index contributed by atoms with van der Waals surface area (Å²) in [4.78, 5) is 7.04. The Morgan fingerprint density at radius 2 is 1.09 bits per heavy atom. The first-order valence-corrected chi connectivity index (χ1v) is 14.9. The lowest BCUT2D eigenvalue weighted by Crippen LogP contribution is -2.11. The quantitative estimate of drug-likeness (QED) is 0.200. The summed E-state index contributed by atoms with van der Waals surface area (Å²) in [6.45, 7) is 0. The number of para-hydroxylation sites is 1. The van der Waals surface area contributed by atoms with Crippen molar-refractivity contribution >= 4 is 71.3 Å². The lowest BCUT2D eigenvalue weighted by molar-refractivity contribution is 0.667. The second kappa shape index (κ2) is 9.82. The zero-order valence-corrected chi connectivity index (χ0v) is 23.8. The molecule has 206 valence electrons. The Labute approximate surface area is 254 Å². The number of hydrogen-bond donors (Lipinski definition) is 0. The van der Waals surface area contributed by atoms with Crippen LogP contribution in [0.2, 0.25) is 0 Å². The first-order valence-electron chi connectivity index (χ1n) is 14.9. The fourth-order valence-corrected chi connectivity index (χ4v) is 6.71. The fraction of sp³-hybridized carbons (Fsp3) is 0. The number of pyridine rings is 1. The summed E-state index contributed by atoms with van der Waals surface area (Å²) in [5, 5.41) is 9.48. The Kier molecular flexibility index (Phi) is 5.50. The van der Waals surface area contributed by atoms with Gasteiger partial charge in [-0.05, 0) is 62.3 Å². The molecule has 0 bridgehead atoms. The van der Waals surface area contributed by atoms with Gasteiger partial charge in [-0.3, -0.25) is 4.98 Å². The summed E-state index contributed by atoms with van der Waals surface area (Å²) < 4.78 is 6.31. The molecule has 9 aromatic rings. The number of furan rings is 1. The molecule has 0 saturated heterocycles. The average Bonchev–Trinajstić information content (AvgIpc) is 3.48. The number of rotatable bonds is 4. The van der Waals surface area contributed by atoms with E-state index in [9.17, 15) is 0 Å². The topological polar surface area (TPSA) is 29.3 Å². The Morgan fingerprint density at radius 3 is 1.93 bits per heavy atom. The van der Waals surface area contributed by atoms with Gasteiger partial charge in [0.15, 0.2) is 5.58 Å². The van der Waals surface area contributed by atoms with E-state index in [0.29, 0.717) is 0 Å². The highest BCUT2D eigenvalue weighted by atomic mass is 16.3. The van der Waals surface area contributed by atoms with Gasteiger partial charge in [-0.15, -0.1) is 0 Å². The lowest BCUT2D eigenvalue weighted by atomic mass is 9.94. The highest BCUT2D eigenvalue weighted by Crippen LogP contribution is 2.47. The van der Waals surface area contributed by atoms with Crippen LogP contribution in [0.5, 0.6) is 0 Å². The number of anilines is 3. The van der Waals surface area contributed by atoms with Gasteiger partial charge in [0.05, 0.1) is 29.2 Å². The van der Waals surface area contributed by atoms with Crippen LogP contribution < -0.4 is 4.90 Å². The summed E-state index contributed by atoms with van der Waals surface area (Å²) in [5.41, 5.74) is 7.11. The molecule has 0 atom stereocenters. The minimum Gasteiger partial charge on any atom is -0.454 e. The van der Waals surface area contributed by atoms with Crippen molar-refractivity contribution in [3.63, 3.8) is 0 Å². The molecule has 2 aromatic heterocycles. The zero-order valence-electron chi connectivity index (χ0n) is 23.8. The molecule has 9 rings (SSSR count). The molecular weight excluding hydrogens is 536 g/mol. The van der Waals surface area contributed by atoms with E-state index in [0.717, 1.165) is 39.0 Å². The van der Waals surface area contributed by atoms with E-state index in [2.05, 4.69) is 138 Å². The standard InChI is InChI=1S/C41H26N2O/c1-2-10-27(11-3-1)28-20-22-31(23-21-28)43(37-25-42-26-39-41(37)35-16-8-9-17-38(35)44-39)36-24-30-19-18-29-12-4-5-13-32(29)40(30)34-15-7-6-14-33(34)36/h1-26H. The van der Waals surface area contributed by atoms with E-state index in [1.165, 1.54) is 43.4 Å². The van der Waals surface area contributed by atoms with E-state index >= 15 is 0 Å². The minimum atomic E-state index is 0.769. The fourth-order valence-electron chi connectivity index (χ4n) is 6.71. The number of nitrogens with zero attached hydrogens (tertiary/aromatic N) is 2. The first-order chi connectivity index (χ1) is 21.8. The Hall–Kier alpha value is -5.93. The van der Waals surface area contributed by atoms with Crippen molar-refractivity contribution in [3.05, 3.63) is 158 Å². The van der Waals surface area contributed by atoms with Gasteiger partial charge in [0.2, 0.25) is 0 Å². The molecule has 0 saturated carbocycles. The van der Waals surface area contributed by atoms with E-state index in [1.807, 2.05) is 24.5 Å². The monoisotopic (exact) mass is 562 g/mol. The molecule has 44 heavy (non-hydrogen) atoms. The summed E-state index contributed by atoms with van der Waals surface area (Å²) in [5.74, 6) is 0. The van der Waals surface area contributed by atoms with Crippen LogP contribution in [0, 0.1) is 0 Å². The van der Waals surface area contributed by atoms with E-state index in [-0.39, 0.29) is 0 Å². The van der Waals surface area contributed by atoms with Crippen LogP contribution in [0.3, 0.4) is 0 Å². The molecule has 3 nitrogen and oxygen atoms in total. The van der Waals surface area contributed by atoms with Crippen LogP contribution in [0.1, 0.15) is 0 Å². The molecule has 7 aromatic carbocycles. The summed E-state index contributed by atoms with van der Waals surface area (Å²) in [7, 11) is 0. The molecule has 2 heterocycles. The van der Waals surface area contributed by atoms with Gasteiger partial charge < -0.3 is 9.32 Å². The van der Waals surface area contributed by atoms with Gasteiger partial charge in [-0.2, -0.15) is 0 Å². The van der Waals surface area contributed by atoms with Gasteiger partial charge in [0.1, 0.15) is 5.58 Å². The van der Waals surface area contributed by atoms with Crippen molar-refractivity contribution in [2.45, 2.75) is 0 Å². The van der Waals surface area contributed by atoms with Crippen molar-refractivity contribution in [3.8, 4) is 11.1 Å². The van der Waals surface area contributed by atoms with Crippen LogP contribution in [0.25, 0.3) is 65.4 Å². The average molecular weight is 563 g/mol. The third kappa shape index (κ3) is 3.80. The first kappa shape index (κ1) is 24.6. The highest BCUT2D eigenvalue weighted by molar-refractivity contribution is 6.24. The van der Waals surface area contributed by atoms with Crippen molar-refractivity contribution in [2.24, 2.45) is 0 Å². The Bertz CT molecular complexity index is 2490. The van der Waals surface area contributed by atoms with Crippen LogP contribution in [-0.4, -0.2) is 4.98 Å². The van der Waals surface area contributed by atoms with E-state index < -0.39 is 0 Å². The number of hydrogen-bond acceptors (Lipinski definition) is 3. The summed E-state index contributed by atoms with van der Waals surface area (Å²) in [6.07, 6.45) is 3.79. The summed E-state index contributed by atoms with van der Waals surface area (Å²) in [6, 6.07) is 51.8. The Balaban J connectivity index is 1.37. The van der Waals surface area contributed by atoms with Crippen molar-refractivity contribution in [2.75, 3.05) is 4.90 Å². The van der Waals surface area contributed by atoms with Crippen molar-refractivity contribution < 1.29 is 4.42 Å². The lowest BCUT2D eigenvalue weighted by Gasteiger charge is -2.28. The molecule has 0 aliphatic rings. The van der Waals surface area contributed by atoms with Crippen LogP contribution in [-0.2, 0) is 0 Å². The number of benzene rings is 7. The predicted molar refractivity (Wildman–Crippen MR) is 184 cm³/mol. The molecule has 3 heteroatoms. The summed E-state index contributed by atoms with van der Waals surface area (Å²) >= 11 is 0. The van der Waals surface area contributed by atoms with E-state index in [1.54, 1.807) is 0 Å². The molecular formula is C41H26N2O. The van der Waals surface area contributed by atoms with E-state index in [4.69, 9.17) is 9.40 Å². The maximum Gasteiger partial charge on any atom is 0.155 e. The van der Waals surface area contributed by atoms with Crippen LogP contribution >= 0.6 is 0 Å². The van der Waals surface area contributed by atoms with Crippen LogP contribution in [0.15, 0.2) is 162 Å². The third-order valence-electron chi connectivity index (χ3n) is 8.71.